The molecule has 30 heavy (non-hydrogen) atoms. The second-order valence-corrected chi connectivity index (χ2v) is 9.39. The molecule has 1 saturated heterocycles. The van der Waals surface area contributed by atoms with Crippen molar-refractivity contribution in [3.8, 4) is 5.75 Å². The molecule has 8 nitrogen and oxygen atoms in total. The van der Waals surface area contributed by atoms with Crippen LogP contribution in [0.25, 0.3) is 0 Å². The highest BCUT2D eigenvalue weighted by Crippen LogP contribution is 2.31. The Kier molecular flexibility index (Phi) is 6.90. The minimum atomic E-state index is -4.48. The number of carbonyl (C=O) groups excluding carboxylic acids is 2. The summed E-state index contributed by atoms with van der Waals surface area (Å²) in [4.78, 5) is 25.7. The molecule has 0 bridgehead atoms. The summed E-state index contributed by atoms with van der Waals surface area (Å²) in [6, 6.07) is 5.27. The maximum atomic E-state index is 12.3. The molecule has 1 amide bonds. The minimum absolute atomic E-state index is 0.0106. The standard InChI is InChI=1S/C18H22F3NO7S/c1-4-27-15(23)17(2,30(3,25)26)9-14-10-22(16(24)29-14)12-5-7-13(8-6-12)28-11-18(19,20)21/h5-8,14H,4,9-11H2,1-3H3. The molecule has 0 spiro atoms. The Morgan fingerprint density at radius 3 is 2.37 bits per heavy atom. The summed E-state index contributed by atoms with van der Waals surface area (Å²) in [5.74, 6) is -0.972. The number of alkyl halides is 3. The molecule has 0 aliphatic carbocycles. The lowest BCUT2D eigenvalue weighted by Gasteiger charge is -2.27. The molecule has 2 unspecified atom stereocenters. The minimum Gasteiger partial charge on any atom is -0.484 e. The number of nitrogens with zero attached hydrogens (tertiary/aromatic N) is 1. The van der Waals surface area contributed by atoms with E-state index in [9.17, 15) is 31.2 Å². The van der Waals surface area contributed by atoms with Crippen molar-refractivity contribution in [1.82, 2.24) is 0 Å². The molecule has 2 rings (SSSR count). The van der Waals surface area contributed by atoms with Gasteiger partial charge < -0.3 is 14.2 Å². The number of ether oxygens (including phenoxy) is 3. The zero-order valence-corrected chi connectivity index (χ0v) is 17.4. The number of sulfone groups is 1. The van der Waals surface area contributed by atoms with Gasteiger partial charge >= 0.3 is 18.2 Å². The molecular formula is C18H22F3NO7S. The van der Waals surface area contributed by atoms with Gasteiger partial charge in [-0.05, 0) is 38.1 Å². The van der Waals surface area contributed by atoms with Crippen molar-refractivity contribution < 1.29 is 45.4 Å². The highest BCUT2D eigenvalue weighted by Gasteiger charge is 2.49. The highest BCUT2D eigenvalue weighted by atomic mass is 32.2. The number of hydrogen-bond acceptors (Lipinski definition) is 7. The zero-order chi connectivity index (χ0) is 22.7. The average molecular weight is 453 g/mol. The summed E-state index contributed by atoms with van der Waals surface area (Å²) in [5, 5.41) is 0. The van der Waals surface area contributed by atoms with Crippen LogP contribution < -0.4 is 9.64 Å². The number of hydrogen-bond donors (Lipinski definition) is 0. The molecule has 1 aliphatic heterocycles. The number of amides is 1. The summed E-state index contributed by atoms with van der Waals surface area (Å²) < 4.78 is 73.9. The van der Waals surface area contributed by atoms with E-state index in [2.05, 4.69) is 4.74 Å². The lowest BCUT2D eigenvalue weighted by atomic mass is 10.0. The van der Waals surface area contributed by atoms with Crippen LogP contribution in [0.4, 0.5) is 23.7 Å². The summed E-state index contributed by atoms with van der Waals surface area (Å²) in [5.41, 5.74) is 0.319. The van der Waals surface area contributed by atoms with Crippen LogP contribution in [0.3, 0.4) is 0 Å². The van der Waals surface area contributed by atoms with Gasteiger partial charge in [0, 0.05) is 18.4 Å². The molecule has 0 aromatic heterocycles. The fourth-order valence-electron chi connectivity index (χ4n) is 2.83. The highest BCUT2D eigenvalue weighted by molar-refractivity contribution is 7.92. The van der Waals surface area contributed by atoms with Crippen molar-refractivity contribution in [1.29, 1.82) is 0 Å². The zero-order valence-electron chi connectivity index (χ0n) is 16.6. The average Bonchev–Trinajstić information content (AvgIpc) is 2.99. The van der Waals surface area contributed by atoms with Gasteiger partial charge in [-0.3, -0.25) is 9.69 Å². The summed E-state index contributed by atoms with van der Waals surface area (Å²) in [6.07, 6.45) is -5.57. The van der Waals surface area contributed by atoms with Crippen LogP contribution in [0, 0.1) is 0 Å². The van der Waals surface area contributed by atoms with Gasteiger partial charge in [0.25, 0.3) is 0 Å². The molecule has 0 N–H and O–H groups in total. The van der Waals surface area contributed by atoms with E-state index in [1.165, 1.54) is 36.1 Å². The molecule has 168 valence electrons. The number of carbonyl (C=O) groups is 2. The van der Waals surface area contributed by atoms with Crippen LogP contribution in [0.15, 0.2) is 24.3 Å². The Hall–Kier alpha value is -2.50. The molecule has 1 aromatic carbocycles. The predicted octanol–water partition coefficient (Wildman–Crippen LogP) is 2.71. The third kappa shape index (κ3) is 5.55. The van der Waals surface area contributed by atoms with Crippen LogP contribution in [0.1, 0.15) is 20.3 Å². The topological polar surface area (TPSA) is 99.2 Å². The lowest BCUT2D eigenvalue weighted by molar-refractivity contribution is -0.153. The number of anilines is 1. The van der Waals surface area contributed by atoms with Gasteiger partial charge in [-0.2, -0.15) is 13.2 Å². The Morgan fingerprint density at radius 2 is 1.87 bits per heavy atom. The molecule has 0 radical (unpaired) electrons. The van der Waals surface area contributed by atoms with Crippen molar-refractivity contribution >= 4 is 27.6 Å². The molecule has 1 aliphatic rings. The van der Waals surface area contributed by atoms with Gasteiger partial charge in [-0.15, -0.1) is 0 Å². The summed E-state index contributed by atoms with van der Waals surface area (Å²) >= 11 is 0. The Bertz CT molecular complexity index is 886. The van der Waals surface area contributed by atoms with E-state index < -0.39 is 45.5 Å². The summed E-state index contributed by atoms with van der Waals surface area (Å²) in [6.45, 7) is 1.25. The first-order chi connectivity index (χ1) is 13.8. The van der Waals surface area contributed by atoms with Gasteiger partial charge in [-0.25, -0.2) is 13.2 Å². The van der Waals surface area contributed by atoms with E-state index in [0.29, 0.717) is 5.69 Å². The van der Waals surface area contributed by atoms with Crippen LogP contribution >= 0.6 is 0 Å². The lowest BCUT2D eigenvalue weighted by Crippen LogP contribution is -2.47. The van der Waals surface area contributed by atoms with E-state index in [-0.39, 0.29) is 25.3 Å². The molecule has 12 heteroatoms. The molecule has 1 aromatic rings. The van der Waals surface area contributed by atoms with Crippen molar-refractivity contribution in [2.24, 2.45) is 0 Å². The molecule has 0 saturated carbocycles. The number of benzene rings is 1. The third-order valence-electron chi connectivity index (χ3n) is 4.57. The quantitative estimate of drug-likeness (QED) is 0.558. The van der Waals surface area contributed by atoms with Crippen LogP contribution in [0.5, 0.6) is 5.75 Å². The van der Waals surface area contributed by atoms with Crippen molar-refractivity contribution in [3.05, 3.63) is 24.3 Å². The first-order valence-electron chi connectivity index (χ1n) is 8.91. The van der Waals surface area contributed by atoms with Gasteiger partial charge in [-0.1, -0.05) is 0 Å². The van der Waals surface area contributed by atoms with Crippen molar-refractivity contribution in [2.45, 2.75) is 37.3 Å². The fraction of sp³-hybridized carbons (Fsp3) is 0.556. The van der Waals surface area contributed by atoms with Crippen molar-refractivity contribution in [3.63, 3.8) is 0 Å². The largest absolute Gasteiger partial charge is 0.484 e. The smallest absolute Gasteiger partial charge is 0.422 e. The maximum absolute atomic E-state index is 12.3. The van der Waals surface area contributed by atoms with E-state index >= 15 is 0 Å². The van der Waals surface area contributed by atoms with Gasteiger partial charge in [0.2, 0.25) is 0 Å². The Morgan fingerprint density at radius 1 is 1.27 bits per heavy atom. The first-order valence-corrected chi connectivity index (χ1v) is 10.8. The van der Waals surface area contributed by atoms with Crippen LogP contribution in [-0.2, 0) is 24.1 Å². The monoisotopic (exact) mass is 453 g/mol. The van der Waals surface area contributed by atoms with Crippen molar-refractivity contribution in [2.75, 3.05) is 30.9 Å². The fourth-order valence-corrected chi connectivity index (χ4v) is 3.68. The summed E-state index contributed by atoms with van der Waals surface area (Å²) in [7, 11) is -3.89. The molecular weight excluding hydrogens is 431 g/mol. The Labute approximate surface area is 171 Å². The van der Waals surface area contributed by atoms with E-state index in [0.717, 1.165) is 6.26 Å². The normalized spacial score (nSPS) is 19.2. The predicted molar refractivity (Wildman–Crippen MR) is 100 cm³/mol. The number of rotatable bonds is 8. The third-order valence-corrected chi connectivity index (χ3v) is 6.54. The second-order valence-electron chi connectivity index (χ2n) is 6.94. The van der Waals surface area contributed by atoms with E-state index in [1.807, 2.05) is 0 Å². The molecule has 1 heterocycles. The number of esters is 1. The van der Waals surface area contributed by atoms with Crippen LogP contribution in [-0.4, -0.2) is 63.5 Å². The molecule has 1 fully saturated rings. The van der Waals surface area contributed by atoms with Gasteiger partial charge in [0.05, 0.1) is 13.2 Å². The number of halogens is 3. The van der Waals surface area contributed by atoms with E-state index in [1.54, 1.807) is 6.92 Å². The molecule has 2 atom stereocenters. The van der Waals surface area contributed by atoms with E-state index in [4.69, 9.17) is 9.47 Å². The number of cyclic esters (lactones) is 1. The SMILES string of the molecule is CCOC(=O)C(C)(CC1CN(c2ccc(OCC(F)(F)F)cc2)C(=O)O1)S(C)(=O)=O. The van der Waals surface area contributed by atoms with Gasteiger partial charge in [0.15, 0.2) is 21.2 Å². The second kappa shape index (κ2) is 8.70. The maximum Gasteiger partial charge on any atom is 0.422 e. The van der Waals surface area contributed by atoms with Crippen LogP contribution in [0.2, 0.25) is 0 Å². The first kappa shape index (κ1) is 23.8. The Balaban J connectivity index is 2.11. The van der Waals surface area contributed by atoms with Gasteiger partial charge in [0.1, 0.15) is 11.9 Å².